The number of benzene rings is 1. The normalized spacial score (nSPS) is 16.7. The van der Waals surface area contributed by atoms with E-state index in [-0.39, 0.29) is 0 Å². The molecule has 0 aromatic heterocycles. The van der Waals surface area contributed by atoms with Crippen molar-refractivity contribution in [2.24, 2.45) is 0 Å². The molecule has 0 saturated carbocycles. The van der Waals surface area contributed by atoms with Crippen LogP contribution in [0.4, 0.5) is 0 Å². The number of ether oxygens (including phenoxy) is 2. The van der Waals surface area contributed by atoms with Gasteiger partial charge < -0.3 is 24.8 Å². The predicted octanol–water partition coefficient (Wildman–Crippen LogP) is 3.94. The van der Waals surface area contributed by atoms with Gasteiger partial charge in [-0.1, -0.05) is 37.3 Å². The van der Waals surface area contributed by atoms with Crippen molar-refractivity contribution in [1.82, 2.24) is 10.2 Å². The van der Waals surface area contributed by atoms with Crippen LogP contribution in [0.15, 0.2) is 72.5 Å². The van der Waals surface area contributed by atoms with E-state index in [0.29, 0.717) is 26.1 Å². The second-order valence-corrected chi connectivity index (χ2v) is 6.97. The molecule has 1 atom stereocenters. The highest BCUT2D eigenvalue weighted by atomic mass is 16.5. The van der Waals surface area contributed by atoms with E-state index in [1.165, 1.54) is 5.57 Å². The summed E-state index contributed by atoms with van der Waals surface area (Å²) in [5.74, 6) is 0.860. The molecule has 0 fully saturated rings. The minimum Gasteiger partial charge on any atom is -0.492 e. The van der Waals surface area contributed by atoms with Crippen molar-refractivity contribution in [2.45, 2.75) is 38.8 Å². The summed E-state index contributed by atoms with van der Waals surface area (Å²) in [6.07, 6.45) is 14.5. The summed E-state index contributed by atoms with van der Waals surface area (Å²) >= 11 is 0. The standard InChI is InChI=1S/C23H28N2O4/c1-2-21(23(26)27)24-16-18-8-10-20(11-9-18)28-14-12-25-13-15-29-22(17-25)19-6-4-3-5-7-19/h3-4,6,8-11,13,15,17,21,24H,2,5,7,12,14,16H2,1H3,(H,26,27). The first-order valence-electron chi connectivity index (χ1n) is 10.0. The van der Waals surface area contributed by atoms with E-state index in [1.807, 2.05) is 43.6 Å². The largest absolute Gasteiger partial charge is 0.492 e. The topological polar surface area (TPSA) is 71.0 Å². The van der Waals surface area contributed by atoms with Crippen LogP contribution in [0, 0.1) is 0 Å². The van der Waals surface area contributed by atoms with Gasteiger partial charge in [-0.15, -0.1) is 0 Å². The van der Waals surface area contributed by atoms with Gasteiger partial charge in [0.2, 0.25) is 0 Å². The molecule has 0 radical (unpaired) electrons. The summed E-state index contributed by atoms with van der Waals surface area (Å²) in [7, 11) is 0. The van der Waals surface area contributed by atoms with Gasteiger partial charge in [-0.2, -0.15) is 0 Å². The van der Waals surface area contributed by atoms with Gasteiger partial charge in [0, 0.05) is 18.9 Å². The molecule has 6 heteroatoms. The fraction of sp³-hybridized carbons (Fsp3) is 0.348. The van der Waals surface area contributed by atoms with E-state index < -0.39 is 12.0 Å². The monoisotopic (exact) mass is 396 g/mol. The number of carboxylic acid groups (broad SMARTS) is 1. The zero-order valence-corrected chi connectivity index (χ0v) is 16.7. The second kappa shape index (κ2) is 10.5. The van der Waals surface area contributed by atoms with Gasteiger partial charge >= 0.3 is 5.97 Å². The molecular weight excluding hydrogens is 368 g/mol. The number of hydrogen-bond acceptors (Lipinski definition) is 5. The molecule has 29 heavy (non-hydrogen) atoms. The molecule has 1 unspecified atom stereocenters. The number of aliphatic carboxylic acids is 1. The smallest absolute Gasteiger partial charge is 0.320 e. The molecule has 1 aromatic carbocycles. The predicted molar refractivity (Wildman–Crippen MR) is 112 cm³/mol. The first kappa shape index (κ1) is 20.7. The van der Waals surface area contributed by atoms with Gasteiger partial charge in [-0.3, -0.25) is 4.79 Å². The van der Waals surface area contributed by atoms with Crippen LogP contribution in [-0.4, -0.2) is 35.2 Å². The Morgan fingerprint density at radius 3 is 2.86 bits per heavy atom. The van der Waals surface area contributed by atoms with Crippen LogP contribution < -0.4 is 10.1 Å². The minimum atomic E-state index is -0.821. The third kappa shape index (κ3) is 6.26. The third-order valence-corrected chi connectivity index (χ3v) is 4.86. The van der Waals surface area contributed by atoms with E-state index in [2.05, 4.69) is 28.4 Å². The maximum absolute atomic E-state index is 11.1. The minimum absolute atomic E-state index is 0.516. The molecule has 1 aliphatic heterocycles. The highest BCUT2D eigenvalue weighted by Gasteiger charge is 2.14. The zero-order valence-electron chi connectivity index (χ0n) is 16.7. The molecular formula is C23H28N2O4. The lowest BCUT2D eigenvalue weighted by Gasteiger charge is -2.23. The average Bonchev–Trinajstić information content (AvgIpc) is 2.76. The van der Waals surface area contributed by atoms with Crippen molar-refractivity contribution < 1.29 is 19.4 Å². The fourth-order valence-electron chi connectivity index (χ4n) is 3.13. The van der Waals surface area contributed by atoms with Gasteiger partial charge in [0.05, 0.1) is 6.54 Å². The number of carboxylic acids is 1. The highest BCUT2D eigenvalue weighted by Crippen LogP contribution is 2.24. The van der Waals surface area contributed by atoms with Crippen molar-refractivity contribution in [3.05, 3.63) is 78.1 Å². The van der Waals surface area contributed by atoms with Crippen molar-refractivity contribution in [1.29, 1.82) is 0 Å². The lowest BCUT2D eigenvalue weighted by atomic mass is 10.0. The van der Waals surface area contributed by atoms with Crippen LogP contribution in [0.5, 0.6) is 5.75 Å². The summed E-state index contributed by atoms with van der Waals surface area (Å²) < 4.78 is 11.5. The Morgan fingerprint density at radius 1 is 1.34 bits per heavy atom. The van der Waals surface area contributed by atoms with Crippen LogP contribution in [0.1, 0.15) is 31.7 Å². The molecule has 0 spiro atoms. The van der Waals surface area contributed by atoms with E-state index in [1.54, 1.807) is 6.26 Å². The van der Waals surface area contributed by atoms with Gasteiger partial charge in [0.15, 0.2) is 0 Å². The Morgan fingerprint density at radius 2 is 2.17 bits per heavy atom. The Bertz CT molecular complexity index is 809. The molecule has 1 heterocycles. The number of carbonyl (C=O) groups is 1. The molecule has 1 aliphatic carbocycles. The van der Waals surface area contributed by atoms with Crippen molar-refractivity contribution in [3.8, 4) is 5.75 Å². The van der Waals surface area contributed by atoms with E-state index in [9.17, 15) is 4.79 Å². The Kier molecular flexibility index (Phi) is 7.53. The van der Waals surface area contributed by atoms with Crippen LogP contribution in [0.3, 0.4) is 0 Å². The van der Waals surface area contributed by atoms with Gasteiger partial charge in [0.25, 0.3) is 0 Å². The maximum atomic E-state index is 11.1. The number of rotatable bonds is 10. The lowest BCUT2D eigenvalue weighted by Crippen LogP contribution is -2.35. The lowest BCUT2D eigenvalue weighted by molar-refractivity contribution is -0.139. The van der Waals surface area contributed by atoms with Crippen LogP contribution in [-0.2, 0) is 16.1 Å². The number of nitrogens with zero attached hydrogens (tertiary/aromatic N) is 1. The average molecular weight is 396 g/mol. The Hall–Kier alpha value is -2.99. The summed E-state index contributed by atoms with van der Waals surface area (Å²) in [4.78, 5) is 13.1. The highest BCUT2D eigenvalue weighted by molar-refractivity contribution is 5.73. The van der Waals surface area contributed by atoms with Crippen LogP contribution in [0.2, 0.25) is 0 Å². The van der Waals surface area contributed by atoms with Crippen molar-refractivity contribution in [2.75, 3.05) is 13.2 Å². The van der Waals surface area contributed by atoms with Gasteiger partial charge in [-0.25, -0.2) is 0 Å². The first-order chi connectivity index (χ1) is 14.2. The molecule has 0 saturated heterocycles. The second-order valence-electron chi connectivity index (χ2n) is 6.97. The molecule has 3 rings (SSSR count). The number of nitrogens with one attached hydrogen (secondary N) is 1. The summed E-state index contributed by atoms with van der Waals surface area (Å²) in [5.41, 5.74) is 2.23. The third-order valence-electron chi connectivity index (χ3n) is 4.86. The van der Waals surface area contributed by atoms with Gasteiger partial charge in [0.1, 0.15) is 30.4 Å². The Labute approximate surface area is 171 Å². The van der Waals surface area contributed by atoms with Gasteiger partial charge in [-0.05, 0) is 42.5 Å². The van der Waals surface area contributed by atoms with Crippen LogP contribution >= 0.6 is 0 Å². The quantitative estimate of drug-likeness (QED) is 0.624. The first-order valence-corrected chi connectivity index (χ1v) is 10.0. The van der Waals surface area contributed by atoms with E-state index in [4.69, 9.17) is 14.6 Å². The maximum Gasteiger partial charge on any atom is 0.320 e. The SMILES string of the molecule is CCC(NCc1ccc(OCCN2C=COC(C3=CC=CCC3)=C2)cc1)C(=O)O. The summed E-state index contributed by atoms with van der Waals surface area (Å²) in [6.45, 7) is 3.63. The number of allylic oxidation sites excluding steroid dienone is 4. The molecule has 154 valence electrons. The van der Waals surface area contributed by atoms with Crippen LogP contribution in [0.25, 0.3) is 0 Å². The molecule has 2 aliphatic rings. The zero-order chi connectivity index (χ0) is 20.5. The molecule has 6 nitrogen and oxygen atoms in total. The molecule has 1 aromatic rings. The molecule has 2 N–H and O–H groups in total. The molecule has 0 amide bonds. The Balaban J connectivity index is 1.44. The molecule has 0 bridgehead atoms. The van der Waals surface area contributed by atoms with E-state index in [0.717, 1.165) is 29.9 Å². The van der Waals surface area contributed by atoms with E-state index >= 15 is 0 Å². The fourth-order valence-corrected chi connectivity index (χ4v) is 3.13. The van der Waals surface area contributed by atoms with Crippen molar-refractivity contribution >= 4 is 5.97 Å². The summed E-state index contributed by atoms with van der Waals surface area (Å²) in [6, 6.07) is 7.20. The van der Waals surface area contributed by atoms with Crippen molar-refractivity contribution in [3.63, 3.8) is 0 Å². The summed E-state index contributed by atoms with van der Waals surface area (Å²) in [5, 5.41) is 12.1. The number of hydrogen-bond donors (Lipinski definition) is 2.